The Balaban J connectivity index is 2.76. The molecule has 7 heteroatoms. The molecule has 16 heavy (non-hydrogen) atoms. The van der Waals surface area contributed by atoms with Crippen molar-refractivity contribution in [2.24, 2.45) is 0 Å². The average molecular weight is 297 g/mol. The summed E-state index contributed by atoms with van der Waals surface area (Å²) in [6.45, 7) is 0. The third-order valence-electron chi connectivity index (χ3n) is 1.62. The van der Waals surface area contributed by atoms with Crippen LogP contribution in [-0.2, 0) is 6.18 Å². The number of carbonyl (C=O) groups excluding carboxylic acids is 1. The van der Waals surface area contributed by atoms with Gasteiger partial charge in [0.15, 0.2) is 0 Å². The van der Waals surface area contributed by atoms with Gasteiger partial charge in [-0.3, -0.25) is 0 Å². The fourth-order valence-corrected chi connectivity index (χ4v) is 2.05. The van der Waals surface area contributed by atoms with Crippen molar-refractivity contribution in [1.82, 2.24) is 9.88 Å². The summed E-state index contributed by atoms with van der Waals surface area (Å²) in [4.78, 5) is 16.2. The van der Waals surface area contributed by atoms with Gasteiger partial charge in [0.2, 0.25) is 0 Å². The molecule has 1 heterocycles. The van der Waals surface area contributed by atoms with Gasteiger partial charge in [0.1, 0.15) is 0 Å². The molecule has 0 atom stereocenters. The molecular formula is C9H9F3N2OSe. The predicted molar refractivity (Wildman–Crippen MR) is 53.7 cm³/mol. The summed E-state index contributed by atoms with van der Waals surface area (Å²) in [6.07, 6.45) is -3.63. The van der Waals surface area contributed by atoms with E-state index in [9.17, 15) is 18.0 Å². The minimum absolute atomic E-state index is 0.139. The number of nitrogens with zero attached hydrogens (tertiary/aromatic N) is 2. The first kappa shape index (κ1) is 13.0. The number of halogens is 3. The summed E-state index contributed by atoms with van der Waals surface area (Å²) < 4.78 is 37.0. The second-order valence-corrected chi connectivity index (χ2v) is 5.18. The first-order valence-corrected chi connectivity index (χ1v) is 5.94. The molecule has 1 rings (SSSR count). The monoisotopic (exact) mass is 298 g/mol. The molecule has 1 aromatic rings. The van der Waals surface area contributed by atoms with E-state index in [2.05, 4.69) is 4.98 Å². The van der Waals surface area contributed by atoms with Gasteiger partial charge in [0.05, 0.1) is 0 Å². The zero-order valence-electron chi connectivity index (χ0n) is 8.58. The molecule has 0 fully saturated rings. The predicted octanol–water partition coefficient (Wildman–Crippen LogP) is 1.11. The van der Waals surface area contributed by atoms with Crippen molar-refractivity contribution in [1.29, 1.82) is 0 Å². The van der Waals surface area contributed by atoms with Gasteiger partial charge in [0.25, 0.3) is 0 Å². The number of hydrogen-bond donors (Lipinski definition) is 0. The maximum absolute atomic E-state index is 12.2. The zero-order chi connectivity index (χ0) is 12.3. The number of pyridine rings is 1. The van der Waals surface area contributed by atoms with Gasteiger partial charge in [0, 0.05) is 0 Å². The van der Waals surface area contributed by atoms with E-state index in [4.69, 9.17) is 0 Å². The van der Waals surface area contributed by atoms with Gasteiger partial charge in [-0.15, -0.1) is 0 Å². The molecule has 0 aliphatic heterocycles. The van der Waals surface area contributed by atoms with Crippen LogP contribution < -0.4 is 4.59 Å². The van der Waals surface area contributed by atoms with Crippen LogP contribution in [0.25, 0.3) is 0 Å². The molecule has 0 saturated heterocycles. The van der Waals surface area contributed by atoms with E-state index in [1.165, 1.54) is 11.0 Å². The van der Waals surface area contributed by atoms with Crippen molar-refractivity contribution < 1.29 is 18.0 Å². The summed E-state index contributed by atoms with van der Waals surface area (Å²) in [7, 11) is 3.18. The van der Waals surface area contributed by atoms with Crippen molar-refractivity contribution >= 4 is 24.4 Å². The summed E-state index contributed by atoms with van der Waals surface area (Å²) in [5, 5.41) is 0. The van der Waals surface area contributed by atoms with E-state index < -0.39 is 26.7 Å². The minimum atomic E-state index is -4.38. The molecule has 88 valence electrons. The van der Waals surface area contributed by atoms with Crippen LogP contribution in [0.2, 0.25) is 0 Å². The van der Waals surface area contributed by atoms with Gasteiger partial charge in [-0.05, 0) is 0 Å². The SMILES string of the molecule is CN(C)C(=O)[Se]c1ccc(C(F)(F)F)cn1. The Hall–Kier alpha value is -1.07. The summed E-state index contributed by atoms with van der Waals surface area (Å²) in [5.41, 5.74) is -0.802. The molecule has 0 aliphatic rings. The molecule has 0 N–H and O–H groups in total. The number of amides is 1. The van der Waals surface area contributed by atoms with E-state index in [0.29, 0.717) is 4.59 Å². The zero-order valence-corrected chi connectivity index (χ0v) is 10.3. The van der Waals surface area contributed by atoms with Crippen LogP contribution in [0.3, 0.4) is 0 Å². The van der Waals surface area contributed by atoms with Gasteiger partial charge >= 0.3 is 96.4 Å². The van der Waals surface area contributed by atoms with Crippen molar-refractivity contribution in [3.8, 4) is 0 Å². The molecule has 1 amide bonds. The second-order valence-electron chi connectivity index (χ2n) is 3.15. The first-order valence-electron chi connectivity index (χ1n) is 4.23. The van der Waals surface area contributed by atoms with E-state index in [1.54, 1.807) is 14.1 Å². The van der Waals surface area contributed by atoms with Crippen LogP contribution in [0.4, 0.5) is 18.0 Å². The van der Waals surface area contributed by atoms with E-state index in [1.807, 2.05) is 0 Å². The standard InChI is InChI=1S/C9H9F3N2OSe/c1-14(2)8(15)16-7-4-3-6(5-13-7)9(10,11)12/h3-5H,1-2H3. The van der Waals surface area contributed by atoms with Gasteiger partial charge in [-0.2, -0.15) is 0 Å². The molecule has 0 unspecified atom stereocenters. The van der Waals surface area contributed by atoms with Crippen LogP contribution >= 0.6 is 0 Å². The summed E-state index contributed by atoms with van der Waals surface area (Å²) in [6, 6.07) is 2.18. The van der Waals surface area contributed by atoms with Crippen LogP contribution in [0.15, 0.2) is 18.3 Å². The third-order valence-corrected chi connectivity index (χ3v) is 3.70. The molecule has 0 aliphatic carbocycles. The van der Waals surface area contributed by atoms with Crippen molar-refractivity contribution in [3.63, 3.8) is 0 Å². The average Bonchev–Trinajstić information content (AvgIpc) is 2.17. The Bertz CT molecular complexity index is 375. The Morgan fingerprint density at radius 2 is 2.00 bits per heavy atom. The third kappa shape index (κ3) is 3.50. The Morgan fingerprint density at radius 1 is 1.38 bits per heavy atom. The Kier molecular flexibility index (Phi) is 3.93. The second kappa shape index (κ2) is 4.84. The normalized spacial score (nSPS) is 11.3. The fourth-order valence-electron chi connectivity index (χ4n) is 0.789. The molecule has 0 radical (unpaired) electrons. The van der Waals surface area contributed by atoms with Gasteiger partial charge < -0.3 is 0 Å². The van der Waals surface area contributed by atoms with Gasteiger partial charge in [-0.1, -0.05) is 0 Å². The topological polar surface area (TPSA) is 33.2 Å². The number of aromatic nitrogens is 1. The number of rotatable bonds is 2. The van der Waals surface area contributed by atoms with E-state index in [0.717, 1.165) is 12.3 Å². The number of hydrogen-bond acceptors (Lipinski definition) is 2. The fraction of sp³-hybridized carbons (Fsp3) is 0.333. The maximum atomic E-state index is 12.2. The Morgan fingerprint density at radius 3 is 2.38 bits per heavy atom. The molecule has 1 aromatic heterocycles. The first-order chi connectivity index (χ1) is 7.30. The van der Waals surface area contributed by atoms with Crippen molar-refractivity contribution in [3.05, 3.63) is 23.9 Å². The Labute approximate surface area is 96.8 Å². The van der Waals surface area contributed by atoms with Crippen LogP contribution in [0.5, 0.6) is 0 Å². The molecular weight excluding hydrogens is 288 g/mol. The molecule has 0 saturated carbocycles. The van der Waals surface area contributed by atoms with Crippen LogP contribution in [0, 0.1) is 0 Å². The van der Waals surface area contributed by atoms with Crippen molar-refractivity contribution in [2.45, 2.75) is 6.18 Å². The van der Waals surface area contributed by atoms with Gasteiger partial charge in [-0.25, -0.2) is 0 Å². The summed E-state index contributed by atoms with van der Waals surface area (Å²) in [5.74, 6) is 0. The van der Waals surface area contributed by atoms with E-state index >= 15 is 0 Å². The molecule has 3 nitrogen and oxygen atoms in total. The quantitative estimate of drug-likeness (QED) is 0.766. The number of alkyl halides is 3. The molecule has 0 aromatic carbocycles. The van der Waals surface area contributed by atoms with Crippen LogP contribution in [-0.4, -0.2) is 43.7 Å². The number of carbonyl (C=O) groups is 1. The van der Waals surface area contributed by atoms with Crippen molar-refractivity contribution in [2.75, 3.05) is 14.1 Å². The van der Waals surface area contributed by atoms with E-state index in [-0.39, 0.29) is 4.81 Å². The van der Waals surface area contributed by atoms with Crippen LogP contribution in [0.1, 0.15) is 5.56 Å². The molecule has 0 spiro atoms. The summed E-state index contributed by atoms with van der Waals surface area (Å²) >= 11 is -0.576. The molecule has 0 bridgehead atoms.